The van der Waals surface area contributed by atoms with Crippen molar-refractivity contribution in [3.05, 3.63) is 57.8 Å². The number of furan rings is 1. The van der Waals surface area contributed by atoms with Gasteiger partial charge in [0.2, 0.25) is 5.78 Å². The maximum absolute atomic E-state index is 12.9. The monoisotopic (exact) mass is 426 g/mol. The van der Waals surface area contributed by atoms with E-state index in [1.807, 2.05) is 0 Å². The molecule has 0 saturated heterocycles. The maximum Gasteiger partial charge on any atom is 0.316 e. The van der Waals surface area contributed by atoms with Gasteiger partial charge in [-0.2, -0.15) is 0 Å². The lowest BCUT2D eigenvalue weighted by atomic mass is 10.1. The Hall–Kier alpha value is -2.55. The molecule has 10 heteroatoms. The van der Waals surface area contributed by atoms with Crippen LogP contribution in [-0.2, 0) is 9.84 Å². The van der Waals surface area contributed by atoms with Crippen LogP contribution < -0.4 is 11.1 Å². The molecule has 27 heavy (non-hydrogen) atoms. The van der Waals surface area contributed by atoms with Crippen molar-refractivity contribution in [2.75, 3.05) is 11.6 Å². The average molecular weight is 427 g/mol. The zero-order valence-corrected chi connectivity index (χ0v) is 16.1. The van der Waals surface area contributed by atoms with Gasteiger partial charge >= 0.3 is 6.03 Å². The van der Waals surface area contributed by atoms with Gasteiger partial charge in [0.25, 0.3) is 0 Å². The van der Waals surface area contributed by atoms with E-state index in [4.69, 9.17) is 33.4 Å². The Morgan fingerprint density at radius 3 is 2.41 bits per heavy atom. The first kappa shape index (κ1) is 19.2. The fraction of sp³-hybridized carbons (Fsp3) is 0.0588. The van der Waals surface area contributed by atoms with E-state index in [-0.39, 0.29) is 32.5 Å². The second kappa shape index (κ2) is 6.88. The summed E-state index contributed by atoms with van der Waals surface area (Å²) in [6.07, 6.45) is 1.04. The highest BCUT2D eigenvalue weighted by Crippen LogP contribution is 2.35. The van der Waals surface area contributed by atoms with Gasteiger partial charge in [-0.3, -0.25) is 4.79 Å². The normalized spacial score (nSPS) is 11.5. The fourth-order valence-electron chi connectivity index (χ4n) is 2.51. The molecule has 0 aliphatic heterocycles. The Morgan fingerprint density at radius 2 is 1.81 bits per heavy atom. The van der Waals surface area contributed by atoms with Crippen molar-refractivity contribution < 1.29 is 22.4 Å². The number of nitrogens with one attached hydrogen (secondary N) is 1. The van der Waals surface area contributed by atoms with Crippen LogP contribution in [0.5, 0.6) is 0 Å². The number of hydrogen-bond donors (Lipinski definition) is 2. The second-order valence-electron chi connectivity index (χ2n) is 5.68. The molecule has 1 heterocycles. The SMILES string of the molecule is CS(=O)(=O)c1ccc2c(NC(N)=O)c(C(=O)c3ccc(Cl)cc3Cl)oc2c1. The Balaban J connectivity index is 2.23. The summed E-state index contributed by atoms with van der Waals surface area (Å²) in [6, 6.07) is 7.38. The van der Waals surface area contributed by atoms with Crippen molar-refractivity contribution in [3.8, 4) is 0 Å². The number of rotatable bonds is 4. The molecule has 0 unspecified atom stereocenters. The van der Waals surface area contributed by atoms with Crippen molar-refractivity contribution in [1.82, 2.24) is 0 Å². The number of carbonyl (C=O) groups is 2. The summed E-state index contributed by atoms with van der Waals surface area (Å²) < 4.78 is 29.1. The predicted octanol–water partition coefficient (Wildman–Crippen LogP) is 3.86. The van der Waals surface area contributed by atoms with E-state index in [0.717, 1.165) is 6.26 Å². The summed E-state index contributed by atoms with van der Waals surface area (Å²) >= 11 is 11.9. The van der Waals surface area contributed by atoms with E-state index in [9.17, 15) is 18.0 Å². The summed E-state index contributed by atoms with van der Waals surface area (Å²) in [4.78, 5) is 24.3. The summed E-state index contributed by atoms with van der Waals surface area (Å²) in [7, 11) is -3.50. The second-order valence-corrected chi connectivity index (χ2v) is 8.54. The smallest absolute Gasteiger partial charge is 0.316 e. The van der Waals surface area contributed by atoms with E-state index < -0.39 is 21.7 Å². The number of hydrogen-bond acceptors (Lipinski definition) is 5. The van der Waals surface area contributed by atoms with Crippen LogP contribution in [0.3, 0.4) is 0 Å². The van der Waals surface area contributed by atoms with Crippen molar-refractivity contribution in [1.29, 1.82) is 0 Å². The first-order chi connectivity index (χ1) is 12.6. The summed E-state index contributed by atoms with van der Waals surface area (Å²) in [5, 5.41) is 3.09. The number of primary amides is 1. The van der Waals surface area contributed by atoms with Crippen LogP contribution in [0.15, 0.2) is 45.7 Å². The van der Waals surface area contributed by atoms with Gasteiger partial charge < -0.3 is 15.5 Å². The van der Waals surface area contributed by atoms with Gasteiger partial charge in [0.1, 0.15) is 11.3 Å². The quantitative estimate of drug-likeness (QED) is 0.613. The number of nitrogens with two attached hydrogens (primary N) is 1. The predicted molar refractivity (Wildman–Crippen MR) is 102 cm³/mol. The van der Waals surface area contributed by atoms with E-state index in [1.54, 1.807) is 0 Å². The van der Waals surface area contributed by atoms with Gasteiger partial charge in [-0.15, -0.1) is 0 Å². The molecule has 0 spiro atoms. The largest absolute Gasteiger partial charge is 0.450 e. The molecule has 0 aliphatic carbocycles. The van der Waals surface area contributed by atoms with Gasteiger partial charge in [-0.25, -0.2) is 13.2 Å². The van der Waals surface area contributed by atoms with Crippen molar-refractivity contribution >= 4 is 61.5 Å². The van der Waals surface area contributed by atoms with Gasteiger partial charge in [0.05, 0.1) is 9.92 Å². The Bertz CT molecular complexity index is 1200. The standard InChI is InChI=1S/C17H12Cl2N2O5S/c1-27(24,25)9-3-5-11-13(7-9)26-16(14(11)21-17(20)23)15(22)10-4-2-8(18)6-12(10)19/h2-7H,1H3,(H3,20,21,23). The summed E-state index contributed by atoms with van der Waals surface area (Å²) in [5.41, 5.74) is 5.40. The molecule has 0 saturated carbocycles. The Labute approximate surface area is 164 Å². The van der Waals surface area contributed by atoms with E-state index in [0.29, 0.717) is 10.4 Å². The zero-order valence-electron chi connectivity index (χ0n) is 13.7. The maximum atomic E-state index is 12.9. The minimum Gasteiger partial charge on any atom is -0.450 e. The van der Waals surface area contributed by atoms with Gasteiger partial charge in [-0.1, -0.05) is 23.2 Å². The minimum absolute atomic E-state index is 0.00195. The van der Waals surface area contributed by atoms with E-state index in [2.05, 4.69) is 5.32 Å². The number of carbonyl (C=O) groups excluding carboxylic acids is 2. The number of fused-ring (bicyclic) bond motifs is 1. The molecule has 3 rings (SSSR count). The Morgan fingerprint density at radius 1 is 1.11 bits per heavy atom. The molecule has 7 nitrogen and oxygen atoms in total. The minimum atomic E-state index is -3.50. The zero-order chi connectivity index (χ0) is 19.9. The average Bonchev–Trinajstić information content (AvgIpc) is 2.91. The Kier molecular flexibility index (Phi) is 4.90. The van der Waals surface area contributed by atoms with Crippen LogP contribution in [0.25, 0.3) is 11.0 Å². The lowest BCUT2D eigenvalue weighted by molar-refractivity contribution is 0.101. The lowest BCUT2D eigenvalue weighted by Gasteiger charge is -2.05. The molecule has 0 fully saturated rings. The van der Waals surface area contributed by atoms with Crippen LogP contribution in [0, 0.1) is 0 Å². The molecule has 0 radical (unpaired) electrons. The molecule has 2 amide bonds. The molecule has 0 aliphatic rings. The van der Waals surface area contributed by atoms with Crippen LogP contribution in [0.2, 0.25) is 10.0 Å². The number of halogens is 2. The van der Waals surface area contributed by atoms with Gasteiger partial charge in [0, 0.05) is 28.3 Å². The molecule has 0 atom stereocenters. The molecule has 0 bridgehead atoms. The molecule has 1 aromatic heterocycles. The van der Waals surface area contributed by atoms with E-state index >= 15 is 0 Å². The third-order valence-corrected chi connectivity index (χ3v) is 5.38. The molecule has 2 aromatic carbocycles. The first-order valence-electron chi connectivity index (χ1n) is 7.40. The number of benzene rings is 2. The lowest BCUT2D eigenvalue weighted by Crippen LogP contribution is -2.20. The van der Waals surface area contributed by atoms with Crippen molar-refractivity contribution in [3.63, 3.8) is 0 Å². The number of amides is 2. The number of urea groups is 1. The van der Waals surface area contributed by atoms with Crippen molar-refractivity contribution in [2.45, 2.75) is 4.90 Å². The first-order valence-corrected chi connectivity index (χ1v) is 10.1. The summed E-state index contributed by atoms with van der Waals surface area (Å²) in [6.45, 7) is 0. The van der Waals surface area contributed by atoms with E-state index in [1.165, 1.54) is 36.4 Å². The fourth-order valence-corrected chi connectivity index (χ4v) is 3.64. The molecule has 3 aromatic rings. The molecule has 140 valence electrons. The molecule has 3 N–H and O–H groups in total. The van der Waals surface area contributed by atoms with Crippen LogP contribution in [-0.4, -0.2) is 26.5 Å². The number of ketones is 1. The topological polar surface area (TPSA) is 119 Å². The highest BCUT2D eigenvalue weighted by molar-refractivity contribution is 7.90. The number of anilines is 1. The highest BCUT2D eigenvalue weighted by atomic mass is 35.5. The van der Waals surface area contributed by atoms with Crippen LogP contribution in [0.1, 0.15) is 16.1 Å². The van der Waals surface area contributed by atoms with Crippen LogP contribution >= 0.6 is 23.2 Å². The third-order valence-electron chi connectivity index (χ3n) is 3.72. The van der Waals surface area contributed by atoms with Gasteiger partial charge in [0.15, 0.2) is 15.6 Å². The number of sulfone groups is 1. The van der Waals surface area contributed by atoms with Gasteiger partial charge in [-0.05, 0) is 30.3 Å². The van der Waals surface area contributed by atoms with Crippen molar-refractivity contribution in [2.24, 2.45) is 5.73 Å². The molecular weight excluding hydrogens is 415 g/mol. The highest BCUT2D eigenvalue weighted by Gasteiger charge is 2.25. The molecular formula is C17H12Cl2N2O5S. The van der Waals surface area contributed by atoms with Crippen LogP contribution in [0.4, 0.5) is 10.5 Å². The third kappa shape index (κ3) is 3.78. The summed E-state index contributed by atoms with van der Waals surface area (Å²) in [5.74, 6) is -0.865.